The van der Waals surface area contributed by atoms with Gasteiger partial charge in [-0.2, -0.15) is 0 Å². The molecule has 1 aromatic heterocycles. The second-order valence-corrected chi connectivity index (χ2v) is 4.76. The molecule has 0 saturated carbocycles. The van der Waals surface area contributed by atoms with E-state index >= 15 is 0 Å². The molecule has 0 fully saturated rings. The second-order valence-electron chi connectivity index (χ2n) is 3.73. The van der Waals surface area contributed by atoms with Gasteiger partial charge in [0.05, 0.1) is 18.6 Å². The van der Waals surface area contributed by atoms with Crippen LogP contribution < -0.4 is 11.1 Å². The highest BCUT2D eigenvalue weighted by molar-refractivity contribution is 8.00. The predicted molar refractivity (Wildman–Crippen MR) is 73.1 cm³/mol. The van der Waals surface area contributed by atoms with E-state index < -0.39 is 23.8 Å². The smallest absolute Gasteiger partial charge is 0.323 e. The Morgan fingerprint density at radius 3 is 2.85 bits per heavy atom. The van der Waals surface area contributed by atoms with Crippen LogP contribution in [0.25, 0.3) is 0 Å². The SMILES string of the molecule is CCOC(=O)C(N)CSCC(=O)NC(=O)c1ccco1. The highest BCUT2D eigenvalue weighted by Crippen LogP contribution is 2.04. The average molecular weight is 300 g/mol. The van der Waals surface area contributed by atoms with Crippen molar-refractivity contribution in [3.63, 3.8) is 0 Å². The van der Waals surface area contributed by atoms with Gasteiger partial charge in [-0.3, -0.25) is 19.7 Å². The van der Waals surface area contributed by atoms with E-state index in [1.807, 2.05) is 0 Å². The lowest BCUT2D eigenvalue weighted by molar-refractivity contribution is -0.144. The fourth-order valence-corrected chi connectivity index (χ4v) is 1.99. The van der Waals surface area contributed by atoms with Crippen LogP contribution in [0.2, 0.25) is 0 Å². The number of amides is 2. The molecular weight excluding hydrogens is 284 g/mol. The highest BCUT2D eigenvalue weighted by atomic mass is 32.2. The molecule has 1 heterocycles. The largest absolute Gasteiger partial charge is 0.465 e. The lowest BCUT2D eigenvalue weighted by Crippen LogP contribution is -2.36. The maximum Gasteiger partial charge on any atom is 0.323 e. The lowest BCUT2D eigenvalue weighted by Gasteiger charge is -2.09. The van der Waals surface area contributed by atoms with Gasteiger partial charge in [-0.05, 0) is 19.1 Å². The summed E-state index contributed by atoms with van der Waals surface area (Å²) in [5.74, 6) is -1.28. The van der Waals surface area contributed by atoms with Crippen molar-refractivity contribution in [1.82, 2.24) is 5.32 Å². The molecule has 1 aromatic rings. The second kappa shape index (κ2) is 8.39. The van der Waals surface area contributed by atoms with Crippen LogP contribution in [0, 0.1) is 0 Å². The molecule has 0 radical (unpaired) electrons. The van der Waals surface area contributed by atoms with Gasteiger partial charge in [-0.1, -0.05) is 0 Å². The summed E-state index contributed by atoms with van der Waals surface area (Å²) in [6.07, 6.45) is 1.34. The fourth-order valence-electron chi connectivity index (χ4n) is 1.23. The van der Waals surface area contributed by atoms with Crippen molar-refractivity contribution in [1.29, 1.82) is 0 Å². The van der Waals surface area contributed by atoms with Crippen LogP contribution in [-0.2, 0) is 14.3 Å². The van der Waals surface area contributed by atoms with Crippen molar-refractivity contribution in [3.05, 3.63) is 24.2 Å². The Labute approximate surface area is 120 Å². The monoisotopic (exact) mass is 300 g/mol. The number of thioether (sulfide) groups is 1. The van der Waals surface area contributed by atoms with E-state index in [4.69, 9.17) is 14.9 Å². The fraction of sp³-hybridized carbons (Fsp3) is 0.417. The van der Waals surface area contributed by atoms with Crippen molar-refractivity contribution >= 4 is 29.5 Å². The van der Waals surface area contributed by atoms with E-state index in [9.17, 15) is 14.4 Å². The number of carbonyl (C=O) groups excluding carboxylic acids is 3. The summed E-state index contributed by atoms with van der Waals surface area (Å²) in [4.78, 5) is 34.2. The molecule has 0 aliphatic rings. The molecule has 0 aliphatic heterocycles. The molecule has 7 nitrogen and oxygen atoms in total. The Kier molecular flexibility index (Phi) is 6.82. The summed E-state index contributed by atoms with van der Waals surface area (Å²) >= 11 is 1.14. The first-order chi connectivity index (χ1) is 9.54. The van der Waals surface area contributed by atoms with Crippen LogP contribution in [-0.4, -0.2) is 41.9 Å². The molecule has 0 aliphatic carbocycles. The molecule has 2 amide bonds. The van der Waals surface area contributed by atoms with Crippen LogP contribution in [0.4, 0.5) is 0 Å². The van der Waals surface area contributed by atoms with E-state index in [1.54, 1.807) is 13.0 Å². The average Bonchev–Trinajstić information content (AvgIpc) is 2.92. The Bertz CT molecular complexity index is 460. The van der Waals surface area contributed by atoms with E-state index in [-0.39, 0.29) is 23.9 Å². The van der Waals surface area contributed by atoms with Gasteiger partial charge < -0.3 is 14.9 Å². The van der Waals surface area contributed by atoms with Gasteiger partial charge in [0.2, 0.25) is 5.91 Å². The van der Waals surface area contributed by atoms with Gasteiger partial charge in [0.25, 0.3) is 5.91 Å². The molecule has 1 atom stereocenters. The molecule has 20 heavy (non-hydrogen) atoms. The highest BCUT2D eigenvalue weighted by Gasteiger charge is 2.16. The van der Waals surface area contributed by atoms with Crippen molar-refractivity contribution in [3.8, 4) is 0 Å². The van der Waals surface area contributed by atoms with Gasteiger partial charge in [0.1, 0.15) is 6.04 Å². The Morgan fingerprint density at radius 1 is 1.50 bits per heavy atom. The van der Waals surface area contributed by atoms with Crippen LogP contribution >= 0.6 is 11.8 Å². The van der Waals surface area contributed by atoms with E-state index in [0.29, 0.717) is 0 Å². The number of hydrogen-bond acceptors (Lipinski definition) is 7. The van der Waals surface area contributed by atoms with Crippen molar-refractivity contribution in [2.75, 3.05) is 18.1 Å². The van der Waals surface area contributed by atoms with Crippen LogP contribution in [0.3, 0.4) is 0 Å². The maximum atomic E-state index is 11.5. The predicted octanol–water partition coefficient (Wildman–Crippen LogP) is 0.160. The first kappa shape index (κ1) is 16.3. The van der Waals surface area contributed by atoms with Crippen LogP contribution in [0.15, 0.2) is 22.8 Å². The molecule has 0 spiro atoms. The molecule has 1 unspecified atom stereocenters. The minimum Gasteiger partial charge on any atom is -0.465 e. The van der Waals surface area contributed by atoms with Crippen LogP contribution in [0.1, 0.15) is 17.5 Å². The van der Waals surface area contributed by atoms with Gasteiger partial charge in [0.15, 0.2) is 5.76 Å². The molecule has 1 rings (SSSR count). The summed E-state index contributed by atoms with van der Waals surface area (Å²) in [6.45, 7) is 1.95. The van der Waals surface area contributed by atoms with Gasteiger partial charge in [-0.15, -0.1) is 11.8 Å². The van der Waals surface area contributed by atoms with Crippen molar-refractivity contribution in [2.45, 2.75) is 13.0 Å². The number of furan rings is 1. The number of nitrogens with two attached hydrogens (primary N) is 1. The molecular formula is C12H16N2O5S. The Morgan fingerprint density at radius 2 is 2.25 bits per heavy atom. The van der Waals surface area contributed by atoms with Crippen LogP contribution in [0.5, 0.6) is 0 Å². The topological polar surface area (TPSA) is 112 Å². The minimum absolute atomic E-state index is 0.0134. The zero-order valence-electron chi connectivity index (χ0n) is 11.0. The van der Waals surface area contributed by atoms with Gasteiger partial charge in [0, 0.05) is 5.75 Å². The zero-order valence-corrected chi connectivity index (χ0v) is 11.8. The quantitative estimate of drug-likeness (QED) is 0.690. The number of imide groups is 1. The number of hydrogen-bond donors (Lipinski definition) is 2. The molecule has 3 N–H and O–H groups in total. The molecule has 0 aromatic carbocycles. The third-order valence-corrected chi connectivity index (χ3v) is 3.18. The van der Waals surface area contributed by atoms with E-state index in [2.05, 4.69) is 5.32 Å². The maximum absolute atomic E-state index is 11.5. The standard InChI is InChI=1S/C12H16N2O5S/c1-2-18-12(17)8(13)6-20-7-10(15)14-11(16)9-4-3-5-19-9/h3-5,8H,2,6-7,13H2,1H3,(H,14,15,16). The number of esters is 1. The summed E-state index contributed by atoms with van der Waals surface area (Å²) in [5.41, 5.74) is 5.56. The zero-order chi connectivity index (χ0) is 15.0. The normalized spacial score (nSPS) is 11.7. The number of ether oxygens (including phenoxy) is 1. The Balaban J connectivity index is 2.23. The van der Waals surface area contributed by atoms with E-state index in [0.717, 1.165) is 11.8 Å². The third-order valence-electron chi connectivity index (χ3n) is 2.12. The molecule has 0 saturated heterocycles. The molecule has 110 valence electrons. The van der Waals surface area contributed by atoms with Gasteiger partial charge >= 0.3 is 5.97 Å². The van der Waals surface area contributed by atoms with Crippen molar-refractivity contribution in [2.24, 2.45) is 5.73 Å². The third kappa shape index (κ3) is 5.45. The summed E-state index contributed by atoms with van der Waals surface area (Å²) in [5, 5.41) is 2.16. The summed E-state index contributed by atoms with van der Waals surface area (Å²) in [7, 11) is 0. The first-order valence-corrected chi connectivity index (χ1v) is 7.07. The number of nitrogens with one attached hydrogen (secondary N) is 1. The van der Waals surface area contributed by atoms with Crippen molar-refractivity contribution < 1.29 is 23.5 Å². The van der Waals surface area contributed by atoms with Gasteiger partial charge in [-0.25, -0.2) is 0 Å². The summed E-state index contributed by atoms with van der Waals surface area (Å²) < 4.78 is 9.58. The molecule has 0 bridgehead atoms. The first-order valence-electron chi connectivity index (χ1n) is 5.92. The summed E-state index contributed by atoms with van der Waals surface area (Å²) in [6, 6.07) is 2.22. The molecule has 8 heteroatoms. The number of rotatable bonds is 7. The Hall–Kier alpha value is -1.80. The number of carbonyl (C=O) groups is 3. The van der Waals surface area contributed by atoms with E-state index in [1.165, 1.54) is 12.3 Å². The minimum atomic E-state index is -0.784. The lowest BCUT2D eigenvalue weighted by atomic mass is 10.4.